The SMILES string of the molecule is O=S(=O)(NCCCCCCI)N1CCOCC1. The van der Waals surface area contributed by atoms with Gasteiger partial charge in [-0.15, -0.1) is 0 Å². The lowest BCUT2D eigenvalue weighted by molar-refractivity contribution is 0.0725. The van der Waals surface area contributed by atoms with E-state index in [1.807, 2.05) is 0 Å². The predicted octanol–water partition coefficient (Wildman–Crippen LogP) is 1.15. The maximum Gasteiger partial charge on any atom is 0.279 e. The van der Waals surface area contributed by atoms with Crippen LogP contribution in [0.3, 0.4) is 0 Å². The second-order valence-electron chi connectivity index (χ2n) is 4.01. The van der Waals surface area contributed by atoms with Gasteiger partial charge in [-0.3, -0.25) is 0 Å². The Morgan fingerprint density at radius 1 is 1.12 bits per heavy atom. The molecule has 1 heterocycles. The van der Waals surface area contributed by atoms with E-state index in [0.29, 0.717) is 32.8 Å². The number of unbranched alkanes of at least 4 members (excludes halogenated alkanes) is 3. The van der Waals surface area contributed by atoms with Gasteiger partial charge in [-0.1, -0.05) is 35.4 Å². The first kappa shape index (κ1) is 15.6. The molecule has 0 atom stereocenters. The molecule has 17 heavy (non-hydrogen) atoms. The standard InChI is InChI=1S/C10H21IN2O3S/c11-5-3-1-2-4-6-12-17(14,15)13-7-9-16-10-8-13/h12H,1-10H2. The molecule has 1 aliphatic heterocycles. The highest BCUT2D eigenvalue weighted by molar-refractivity contribution is 14.1. The predicted molar refractivity (Wildman–Crippen MR) is 76.7 cm³/mol. The molecule has 1 rings (SSSR count). The summed E-state index contributed by atoms with van der Waals surface area (Å²) in [6.07, 6.45) is 4.41. The Labute approximate surface area is 118 Å². The van der Waals surface area contributed by atoms with Gasteiger partial charge in [0.2, 0.25) is 0 Å². The average molecular weight is 376 g/mol. The first-order valence-corrected chi connectivity index (χ1v) is 9.02. The Morgan fingerprint density at radius 2 is 1.76 bits per heavy atom. The number of hydrogen-bond donors (Lipinski definition) is 1. The third kappa shape index (κ3) is 6.32. The van der Waals surface area contributed by atoms with Crippen LogP contribution in [0.5, 0.6) is 0 Å². The molecule has 0 aromatic heterocycles. The van der Waals surface area contributed by atoms with Crippen molar-refractivity contribution in [3.05, 3.63) is 0 Å². The lowest BCUT2D eigenvalue weighted by atomic mass is 10.2. The lowest BCUT2D eigenvalue weighted by Crippen LogP contribution is -2.46. The van der Waals surface area contributed by atoms with Gasteiger partial charge in [0.15, 0.2) is 0 Å². The van der Waals surface area contributed by atoms with Crippen LogP contribution in [-0.4, -0.2) is 50.0 Å². The van der Waals surface area contributed by atoms with E-state index in [0.717, 1.165) is 12.8 Å². The molecule has 0 bridgehead atoms. The van der Waals surface area contributed by atoms with Gasteiger partial charge in [0.25, 0.3) is 10.2 Å². The first-order chi connectivity index (χ1) is 8.17. The Bertz CT molecular complexity index is 292. The summed E-state index contributed by atoms with van der Waals surface area (Å²) in [7, 11) is -3.27. The molecule has 102 valence electrons. The van der Waals surface area contributed by atoms with Gasteiger partial charge in [0.1, 0.15) is 0 Å². The van der Waals surface area contributed by atoms with Crippen LogP contribution in [0.1, 0.15) is 25.7 Å². The Hall–Kier alpha value is 0.560. The second kappa shape index (κ2) is 8.63. The fourth-order valence-electron chi connectivity index (χ4n) is 1.65. The molecule has 0 aliphatic carbocycles. The van der Waals surface area contributed by atoms with Crippen LogP contribution in [-0.2, 0) is 14.9 Å². The summed E-state index contributed by atoms with van der Waals surface area (Å²) in [6.45, 7) is 2.46. The van der Waals surface area contributed by atoms with Crippen molar-refractivity contribution in [3.63, 3.8) is 0 Å². The van der Waals surface area contributed by atoms with Gasteiger partial charge in [0, 0.05) is 19.6 Å². The van der Waals surface area contributed by atoms with Crippen molar-refractivity contribution in [1.82, 2.24) is 9.03 Å². The van der Waals surface area contributed by atoms with Gasteiger partial charge in [0.05, 0.1) is 13.2 Å². The van der Waals surface area contributed by atoms with Crippen molar-refractivity contribution in [1.29, 1.82) is 0 Å². The number of rotatable bonds is 8. The number of nitrogens with one attached hydrogen (secondary N) is 1. The molecule has 0 aromatic rings. The molecule has 7 heteroatoms. The van der Waals surface area contributed by atoms with Gasteiger partial charge < -0.3 is 4.74 Å². The molecule has 0 spiro atoms. The highest BCUT2D eigenvalue weighted by atomic mass is 127. The minimum Gasteiger partial charge on any atom is -0.379 e. The van der Waals surface area contributed by atoms with Crippen LogP contribution in [0.25, 0.3) is 0 Å². The largest absolute Gasteiger partial charge is 0.379 e. The van der Waals surface area contributed by atoms with Crippen LogP contribution in [0.15, 0.2) is 0 Å². The number of nitrogens with zero attached hydrogens (tertiary/aromatic N) is 1. The third-order valence-electron chi connectivity index (χ3n) is 2.65. The summed E-state index contributed by atoms with van der Waals surface area (Å²) in [4.78, 5) is 0. The molecule has 0 radical (unpaired) electrons. The highest BCUT2D eigenvalue weighted by Gasteiger charge is 2.23. The van der Waals surface area contributed by atoms with E-state index in [1.165, 1.54) is 21.6 Å². The zero-order valence-electron chi connectivity index (χ0n) is 10.0. The van der Waals surface area contributed by atoms with E-state index in [2.05, 4.69) is 27.3 Å². The number of hydrogen-bond acceptors (Lipinski definition) is 3. The fraction of sp³-hybridized carbons (Fsp3) is 1.00. The summed E-state index contributed by atoms with van der Waals surface area (Å²) < 4.78 is 34.1. The Kier molecular flexibility index (Phi) is 7.92. The van der Waals surface area contributed by atoms with Gasteiger partial charge >= 0.3 is 0 Å². The topological polar surface area (TPSA) is 58.6 Å². The van der Waals surface area contributed by atoms with Gasteiger partial charge in [-0.2, -0.15) is 12.7 Å². The monoisotopic (exact) mass is 376 g/mol. The van der Waals surface area contributed by atoms with Crippen LogP contribution >= 0.6 is 22.6 Å². The molecular formula is C10H21IN2O3S. The van der Waals surface area contributed by atoms with E-state index in [4.69, 9.17) is 4.74 Å². The van der Waals surface area contributed by atoms with E-state index in [9.17, 15) is 8.42 Å². The van der Waals surface area contributed by atoms with E-state index >= 15 is 0 Å². The molecule has 1 N–H and O–H groups in total. The second-order valence-corrected chi connectivity index (χ2v) is 6.85. The smallest absolute Gasteiger partial charge is 0.279 e. The molecule has 1 fully saturated rings. The maximum absolute atomic E-state index is 11.8. The highest BCUT2D eigenvalue weighted by Crippen LogP contribution is 2.04. The zero-order chi connectivity index (χ0) is 12.6. The molecule has 0 aromatic carbocycles. The number of alkyl halides is 1. The molecule has 5 nitrogen and oxygen atoms in total. The Balaban J connectivity index is 2.15. The summed E-state index contributed by atoms with van der Waals surface area (Å²) in [5.74, 6) is 0. The van der Waals surface area contributed by atoms with Crippen LogP contribution in [0.2, 0.25) is 0 Å². The van der Waals surface area contributed by atoms with E-state index < -0.39 is 10.2 Å². The summed E-state index contributed by atoms with van der Waals surface area (Å²) in [6, 6.07) is 0. The van der Waals surface area contributed by atoms with Crippen molar-refractivity contribution in [2.75, 3.05) is 37.3 Å². The molecule has 1 saturated heterocycles. The van der Waals surface area contributed by atoms with Crippen molar-refractivity contribution < 1.29 is 13.2 Å². The number of ether oxygens (including phenoxy) is 1. The number of morpholine rings is 1. The Morgan fingerprint density at radius 3 is 2.41 bits per heavy atom. The van der Waals surface area contributed by atoms with Crippen molar-refractivity contribution in [2.45, 2.75) is 25.7 Å². The molecule has 0 saturated carbocycles. The molecular weight excluding hydrogens is 355 g/mol. The minimum absolute atomic E-state index is 0.462. The lowest BCUT2D eigenvalue weighted by Gasteiger charge is -2.26. The summed E-state index contributed by atoms with van der Waals surface area (Å²) in [5, 5.41) is 0. The van der Waals surface area contributed by atoms with Crippen LogP contribution < -0.4 is 4.72 Å². The van der Waals surface area contributed by atoms with Crippen LogP contribution in [0, 0.1) is 0 Å². The van der Waals surface area contributed by atoms with Gasteiger partial charge in [-0.05, 0) is 17.3 Å². The molecule has 0 amide bonds. The van der Waals surface area contributed by atoms with Crippen molar-refractivity contribution in [3.8, 4) is 0 Å². The van der Waals surface area contributed by atoms with E-state index in [1.54, 1.807) is 0 Å². The summed E-state index contributed by atoms with van der Waals surface area (Å²) >= 11 is 2.36. The maximum atomic E-state index is 11.8. The number of halogens is 1. The van der Waals surface area contributed by atoms with Crippen LogP contribution in [0.4, 0.5) is 0 Å². The van der Waals surface area contributed by atoms with Gasteiger partial charge in [-0.25, -0.2) is 4.72 Å². The first-order valence-electron chi connectivity index (χ1n) is 6.05. The quantitative estimate of drug-likeness (QED) is 0.393. The normalized spacial score (nSPS) is 18.4. The zero-order valence-corrected chi connectivity index (χ0v) is 13.0. The van der Waals surface area contributed by atoms with Crippen molar-refractivity contribution >= 4 is 32.8 Å². The van der Waals surface area contributed by atoms with E-state index in [-0.39, 0.29) is 0 Å². The average Bonchev–Trinajstić information content (AvgIpc) is 2.35. The molecule has 1 aliphatic rings. The fourth-order valence-corrected chi connectivity index (χ4v) is 3.41. The minimum atomic E-state index is -3.27. The third-order valence-corrected chi connectivity index (χ3v) is 5.03. The molecule has 0 unspecified atom stereocenters. The summed E-state index contributed by atoms with van der Waals surface area (Å²) in [5.41, 5.74) is 0. The van der Waals surface area contributed by atoms with Crippen molar-refractivity contribution in [2.24, 2.45) is 0 Å².